The first-order chi connectivity index (χ1) is 9.60. The van der Waals surface area contributed by atoms with Crippen molar-refractivity contribution in [3.8, 4) is 0 Å². The summed E-state index contributed by atoms with van der Waals surface area (Å²) >= 11 is 0. The summed E-state index contributed by atoms with van der Waals surface area (Å²) in [5.41, 5.74) is 5.69. The fraction of sp³-hybridized carbons (Fsp3) is 0.538. The van der Waals surface area contributed by atoms with E-state index in [1.165, 1.54) is 6.20 Å². The quantitative estimate of drug-likeness (QED) is 0.444. The van der Waals surface area contributed by atoms with Crippen molar-refractivity contribution in [1.82, 2.24) is 4.90 Å². The number of hydrogen-bond acceptors (Lipinski definition) is 4. The molecule has 0 saturated carbocycles. The average molecular weight is 284 g/mol. The van der Waals surface area contributed by atoms with Gasteiger partial charge in [-0.1, -0.05) is 0 Å². The fourth-order valence-corrected chi connectivity index (χ4v) is 1.67. The van der Waals surface area contributed by atoms with Crippen LogP contribution in [-0.2, 0) is 4.74 Å². The zero-order valence-corrected chi connectivity index (χ0v) is 11.6. The lowest BCUT2D eigenvalue weighted by atomic mass is 10.3. The van der Waals surface area contributed by atoms with E-state index < -0.39 is 0 Å². The Morgan fingerprint density at radius 3 is 2.90 bits per heavy atom. The van der Waals surface area contributed by atoms with Gasteiger partial charge in [0, 0.05) is 25.2 Å². The number of halogens is 1. The lowest BCUT2D eigenvalue weighted by Gasteiger charge is -2.15. The number of aliphatic imine (C=N–C) groups is 2. The molecule has 1 aliphatic rings. The van der Waals surface area contributed by atoms with E-state index in [0.717, 1.165) is 0 Å². The van der Waals surface area contributed by atoms with Gasteiger partial charge in [0.25, 0.3) is 0 Å². The third-order valence-electron chi connectivity index (χ3n) is 2.85. The van der Waals surface area contributed by atoms with Crippen molar-refractivity contribution in [2.75, 3.05) is 26.2 Å². The standard InChI is InChI=1S/C13H21FN4O2/c1-10(20-9-11(5-14)6-15)7-17-13(16-2)18-4-3-12(19)8-18/h5,7,12,19H,2-4,6,8-9,15H2,1H3/b10-7+,11-5+,17-13?/t12-/m0/s1. The molecule has 3 N–H and O–H groups in total. The number of guanidine groups is 1. The van der Waals surface area contributed by atoms with Gasteiger partial charge < -0.3 is 20.5 Å². The van der Waals surface area contributed by atoms with E-state index in [-0.39, 0.29) is 19.3 Å². The second kappa shape index (κ2) is 8.44. The number of aliphatic hydroxyl groups is 1. The largest absolute Gasteiger partial charge is 0.492 e. The number of likely N-dealkylation sites (tertiary alicyclic amines) is 1. The first kappa shape index (κ1) is 16.3. The van der Waals surface area contributed by atoms with Gasteiger partial charge in [-0.2, -0.15) is 0 Å². The molecule has 0 radical (unpaired) electrons. The molecule has 7 heteroatoms. The SMILES string of the molecule is C=NC(=N/C=C(\C)OC/C(=C/F)CN)N1CC[C@H](O)C1. The predicted molar refractivity (Wildman–Crippen MR) is 77.1 cm³/mol. The van der Waals surface area contributed by atoms with E-state index in [9.17, 15) is 9.50 Å². The molecule has 20 heavy (non-hydrogen) atoms. The van der Waals surface area contributed by atoms with Crippen molar-refractivity contribution >= 4 is 12.7 Å². The molecule has 0 spiro atoms. The monoisotopic (exact) mass is 284 g/mol. The van der Waals surface area contributed by atoms with Gasteiger partial charge in [0.15, 0.2) is 0 Å². The van der Waals surface area contributed by atoms with Gasteiger partial charge in [0.2, 0.25) is 5.96 Å². The normalized spacial score (nSPS) is 21.3. The second-order valence-corrected chi connectivity index (χ2v) is 4.48. The molecule has 0 aromatic rings. The molecule has 1 fully saturated rings. The summed E-state index contributed by atoms with van der Waals surface area (Å²) in [7, 11) is 0. The Labute approximate surface area is 118 Å². The van der Waals surface area contributed by atoms with Crippen LogP contribution in [0.5, 0.6) is 0 Å². The number of aliphatic hydroxyl groups excluding tert-OH is 1. The minimum Gasteiger partial charge on any atom is -0.492 e. The van der Waals surface area contributed by atoms with Crippen LogP contribution in [0.25, 0.3) is 0 Å². The van der Waals surface area contributed by atoms with Gasteiger partial charge in [-0.3, -0.25) is 0 Å². The van der Waals surface area contributed by atoms with Crippen molar-refractivity contribution in [2.24, 2.45) is 15.7 Å². The van der Waals surface area contributed by atoms with Crippen molar-refractivity contribution in [1.29, 1.82) is 0 Å². The molecule has 1 heterocycles. The molecule has 0 aromatic carbocycles. The van der Waals surface area contributed by atoms with Crippen LogP contribution in [0.3, 0.4) is 0 Å². The molecule has 1 rings (SSSR count). The van der Waals surface area contributed by atoms with Gasteiger partial charge in [-0.15, -0.1) is 0 Å². The highest BCUT2D eigenvalue weighted by atomic mass is 19.1. The van der Waals surface area contributed by atoms with Crippen LogP contribution in [0, 0.1) is 0 Å². The van der Waals surface area contributed by atoms with E-state index in [0.29, 0.717) is 43.1 Å². The Bertz CT molecular complexity index is 421. The topological polar surface area (TPSA) is 83.4 Å². The Kier molecular flexibility index (Phi) is 6.89. The maximum atomic E-state index is 12.3. The molecule has 0 amide bonds. The molecule has 0 aromatic heterocycles. The van der Waals surface area contributed by atoms with E-state index in [1.54, 1.807) is 6.92 Å². The first-order valence-corrected chi connectivity index (χ1v) is 6.36. The number of ether oxygens (including phenoxy) is 1. The van der Waals surface area contributed by atoms with Gasteiger partial charge >= 0.3 is 0 Å². The van der Waals surface area contributed by atoms with E-state index in [4.69, 9.17) is 10.5 Å². The smallest absolute Gasteiger partial charge is 0.224 e. The highest BCUT2D eigenvalue weighted by molar-refractivity contribution is 5.84. The summed E-state index contributed by atoms with van der Waals surface area (Å²) in [6, 6.07) is 0. The summed E-state index contributed by atoms with van der Waals surface area (Å²) < 4.78 is 17.6. The molecular formula is C13H21FN4O2. The van der Waals surface area contributed by atoms with Crippen molar-refractivity contribution in [2.45, 2.75) is 19.4 Å². The number of hydrogen-bond donors (Lipinski definition) is 2. The highest BCUT2D eigenvalue weighted by Gasteiger charge is 2.22. The molecule has 1 saturated heterocycles. The van der Waals surface area contributed by atoms with Crippen LogP contribution in [0.4, 0.5) is 4.39 Å². The van der Waals surface area contributed by atoms with E-state index in [2.05, 4.69) is 16.7 Å². The van der Waals surface area contributed by atoms with Crippen LogP contribution in [-0.4, -0.2) is 55.0 Å². The number of allylic oxidation sites excluding steroid dienone is 1. The third-order valence-corrected chi connectivity index (χ3v) is 2.85. The maximum absolute atomic E-state index is 12.3. The number of rotatable bonds is 5. The van der Waals surface area contributed by atoms with E-state index >= 15 is 0 Å². The van der Waals surface area contributed by atoms with Gasteiger partial charge in [0.05, 0.1) is 18.6 Å². The summed E-state index contributed by atoms with van der Waals surface area (Å²) in [4.78, 5) is 9.83. The number of β-amino-alcohol motifs (C(OH)–C–C–N with tert-alkyl or cyclic N) is 1. The summed E-state index contributed by atoms with van der Waals surface area (Å²) in [5, 5.41) is 9.47. The van der Waals surface area contributed by atoms with Crippen LogP contribution >= 0.6 is 0 Å². The zero-order valence-electron chi connectivity index (χ0n) is 11.6. The Morgan fingerprint density at radius 1 is 1.65 bits per heavy atom. The summed E-state index contributed by atoms with van der Waals surface area (Å²) in [6.07, 6.45) is 2.26. The van der Waals surface area contributed by atoms with Crippen LogP contribution in [0.15, 0.2) is 33.8 Å². The van der Waals surface area contributed by atoms with Gasteiger partial charge in [-0.05, 0) is 20.1 Å². The Morgan fingerprint density at radius 2 is 2.40 bits per heavy atom. The minimum absolute atomic E-state index is 0.0874. The van der Waals surface area contributed by atoms with Gasteiger partial charge in [0.1, 0.15) is 12.4 Å². The molecule has 1 atom stereocenters. The molecule has 0 unspecified atom stereocenters. The maximum Gasteiger partial charge on any atom is 0.224 e. The first-order valence-electron chi connectivity index (χ1n) is 6.36. The van der Waals surface area contributed by atoms with Crippen LogP contribution < -0.4 is 5.73 Å². The zero-order chi connectivity index (χ0) is 15.0. The third kappa shape index (κ3) is 5.10. The lowest BCUT2D eigenvalue weighted by molar-refractivity contribution is 0.188. The molecule has 0 aliphatic carbocycles. The number of nitrogens with zero attached hydrogens (tertiary/aromatic N) is 3. The number of nitrogens with two attached hydrogens (primary N) is 1. The summed E-state index contributed by atoms with van der Waals surface area (Å²) in [6.45, 7) is 6.54. The van der Waals surface area contributed by atoms with Crippen LogP contribution in [0.2, 0.25) is 0 Å². The average Bonchev–Trinajstić information content (AvgIpc) is 2.87. The minimum atomic E-state index is -0.356. The van der Waals surface area contributed by atoms with Crippen molar-refractivity contribution in [3.63, 3.8) is 0 Å². The molecule has 6 nitrogen and oxygen atoms in total. The molecule has 0 bridgehead atoms. The highest BCUT2D eigenvalue weighted by Crippen LogP contribution is 2.10. The second-order valence-electron chi connectivity index (χ2n) is 4.48. The van der Waals surface area contributed by atoms with E-state index in [1.807, 2.05) is 4.90 Å². The molecule has 112 valence electrons. The van der Waals surface area contributed by atoms with Crippen LogP contribution in [0.1, 0.15) is 13.3 Å². The lowest BCUT2D eigenvalue weighted by Crippen LogP contribution is -2.27. The van der Waals surface area contributed by atoms with Crippen molar-refractivity contribution < 1.29 is 14.2 Å². The summed E-state index contributed by atoms with van der Waals surface area (Å²) in [5.74, 6) is 0.947. The predicted octanol–water partition coefficient (Wildman–Crippen LogP) is 0.800. The Hall–Kier alpha value is -1.73. The Balaban J connectivity index is 2.57. The molecule has 1 aliphatic heterocycles. The molecular weight excluding hydrogens is 263 g/mol. The fourth-order valence-electron chi connectivity index (χ4n) is 1.67. The van der Waals surface area contributed by atoms with Gasteiger partial charge in [-0.25, -0.2) is 14.4 Å². The van der Waals surface area contributed by atoms with Crippen molar-refractivity contribution in [3.05, 3.63) is 23.9 Å².